The van der Waals surface area contributed by atoms with Gasteiger partial charge in [0.1, 0.15) is 0 Å². The molecule has 0 nitrogen and oxygen atoms in total. The molecule has 0 aromatic heterocycles. The van der Waals surface area contributed by atoms with Crippen LogP contribution in [-0.2, 0) is 0 Å². The van der Waals surface area contributed by atoms with Gasteiger partial charge in [0.05, 0.1) is 5.25 Å². The largest absolute Gasteiger partial charge is 0.149 e. The van der Waals surface area contributed by atoms with E-state index in [0.717, 1.165) is 6.42 Å². The molecule has 0 spiro atoms. The van der Waals surface area contributed by atoms with E-state index in [1.54, 1.807) is 18.7 Å². The van der Waals surface area contributed by atoms with Gasteiger partial charge < -0.3 is 0 Å². The third-order valence-electron chi connectivity index (χ3n) is 1.08. The van der Waals surface area contributed by atoms with Gasteiger partial charge >= 0.3 is 0 Å². The van der Waals surface area contributed by atoms with Gasteiger partial charge in [-0.05, 0) is 31.4 Å². The molecule has 0 bridgehead atoms. The van der Waals surface area contributed by atoms with Crippen molar-refractivity contribution in [2.45, 2.75) is 18.6 Å². The van der Waals surface area contributed by atoms with E-state index in [1.807, 2.05) is 6.26 Å². The highest BCUT2D eigenvalue weighted by Crippen LogP contribution is 2.09. The molecule has 0 aliphatic rings. The van der Waals surface area contributed by atoms with Crippen molar-refractivity contribution in [3.8, 4) is 23.7 Å². The zero-order chi connectivity index (χ0) is 8.53. The normalized spacial score (nSPS) is 10.5. The highest BCUT2D eigenvalue weighted by atomic mass is 35.5. The molecule has 0 aliphatic carbocycles. The van der Waals surface area contributed by atoms with E-state index in [1.165, 1.54) is 0 Å². The number of halogens is 1. The summed E-state index contributed by atoms with van der Waals surface area (Å²) in [6.07, 6.45) is 2.96. The second-order valence-electron chi connectivity index (χ2n) is 1.85. The zero-order valence-electron chi connectivity index (χ0n) is 6.78. The van der Waals surface area contributed by atoms with Crippen LogP contribution in [0, 0.1) is 23.7 Å². The highest BCUT2D eigenvalue weighted by molar-refractivity contribution is 7.99. The van der Waals surface area contributed by atoms with E-state index in [0.29, 0.717) is 11.1 Å². The number of thioether (sulfide) groups is 1. The first kappa shape index (κ1) is 10.8. The lowest BCUT2D eigenvalue weighted by Gasteiger charge is -2.01. The van der Waals surface area contributed by atoms with E-state index in [9.17, 15) is 0 Å². The number of alkyl halides is 1. The van der Waals surface area contributed by atoms with E-state index >= 15 is 0 Å². The van der Waals surface area contributed by atoms with Crippen molar-refractivity contribution >= 4 is 23.4 Å². The van der Waals surface area contributed by atoms with E-state index in [2.05, 4.69) is 23.7 Å². The van der Waals surface area contributed by atoms with E-state index in [-0.39, 0.29) is 0 Å². The average molecular weight is 187 g/mol. The topological polar surface area (TPSA) is 0 Å². The van der Waals surface area contributed by atoms with Gasteiger partial charge in [-0.25, -0.2) is 0 Å². The molecule has 0 fully saturated rings. The summed E-state index contributed by atoms with van der Waals surface area (Å²) in [5.41, 5.74) is 0. The predicted molar refractivity (Wildman–Crippen MR) is 53.9 cm³/mol. The molecule has 0 amide bonds. The van der Waals surface area contributed by atoms with Gasteiger partial charge in [0, 0.05) is 5.88 Å². The lowest BCUT2D eigenvalue weighted by molar-refractivity contribution is 1.01. The van der Waals surface area contributed by atoms with Crippen LogP contribution in [-0.4, -0.2) is 17.4 Å². The summed E-state index contributed by atoms with van der Waals surface area (Å²) in [6.45, 7) is 1.78. The minimum absolute atomic E-state index is 0.341. The summed E-state index contributed by atoms with van der Waals surface area (Å²) in [7, 11) is 0. The fraction of sp³-hybridized carbons (Fsp3) is 0.556. The van der Waals surface area contributed by atoms with Gasteiger partial charge in [-0.3, -0.25) is 0 Å². The molecule has 0 saturated carbocycles. The number of hydrogen-bond donors (Lipinski definition) is 0. The zero-order valence-corrected chi connectivity index (χ0v) is 8.35. The maximum Gasteiger partial charge on any atom is 0.0675 e. The Morgan fingerprint density at radius 2 is 2.18 bits per heavy atom. The number of rotatable bonds is 3. The van der Waals surface area contributed by atoms with Crippen molar-refractivity contribution in [1.82, 2.24) is 0 Å². The van der Waals surface area contributed by atoms with Gasteiger partial charge in [-0.15, -0.1) is 23.4 Å². The smallest absolute Gasteiger partial charge is 0.0675 e. The van der Waals surface area contributed by atoms with Crippen LogP contribution in [0.1, 0.15) is 13.3 Å². The fourth-order valence-corrected chi connectivity index (χ4v) is 1.41. The summed E-state index contributed by atoms with van der Waals surface area (Å²) in [5.74, 6) is 11.9. The Morgan fingerprint density at radius 1 is 1.45 bits per heavy atom. The summed E-state index contributed by atoms with van der Waals surface area (Å²) in [4.78, 5) is 0. The van der Waals surface area contributed by atoms with Crippen molar-refractivity contribution in [3.05, 3.63) is 0 Å². The Balaban J connectivity index is 3.84. The molecule has 0 heterocycles. The van der Waals surface area contributed by atoms with Crippen LogP contribution in [0.2, 0.25) is 0 Å². The first-order chi connectivity index (χ1) is 5.35. The number of hydrogen-bond acceptors (Lipinski definition) is 1. The molecule has 0 aliphatic heterocycles. The van der Waals surface area contributed by atoms with Crippen molar-refractivity contribution < 1.29 is 0 Å². The SMILES string of the molecule is CC#CC#CC(CCCl)SC. The summed E-state index contributed by atoms with van der Waals surface area (Å²) in [6, 6.07) is 0. The molecule has 0 rings (SSSR count). The molecular formula is C9H11ClS. The molecule has 60 valence electrons. The van der Waals surface area contributed by atoms with Crippen molar-refractivity contribution in [2.75, 3.05) is 12.1 Å². The average Bonchev–Trinajstić information content (AvgIpc) is 2.03. The van der Waals surface area contributed by atoms with Crippen LogP contribution in [0.25, 0.3) is 0 Å². The molecule has 0 saturated heterocycles. The van der Waals surface area contributed by atoms with E-state index < -0.39 is 0 Å². The first-order valence-electron chi connectivity index (χ1n) is 3.36. The standard InChI is InChI=1S/C9H11ClS/c1-3-4-5-6-9(11-2)7-8-10/h9H,7-8H2,1-2H3. The van der Waals surface area contributed by atoms with Crippen LogP contribution >= 0.6 is 23.4 Å². The Labute approximate surface area is 78.1 Å². The lowest BCUT2D eigenvalue weighted by Crippen LogP contribution is -1.98. The summed E-state index contributed by atoms with van der Waals surface area (Å²) >= 11 is 7.29. The van der Waals surface area contributed by atoms with Crippen molar-refractivity contribution in [1.29, 1.82) is 0 Å². The second-order valence-corrected chi connectivity index (χ2v) is 3.26. The third-order valence-corrected chi connectivity index (χ3v) is 2.22. The molecular weight excluding hydrogens is 176 g/mol. The monoisotopic (exact) mass is 186 g/mol. The minimum atomic E-state index is 0.341. The van der Waals surface area contributed by atoms with Gasteiger partial charge in [0.15, 0.2) is 0 Å². The fourth-order valence-electron chi connectivity index (χ4n) is 0.527. The molecule has 0 N–H and O–H groups in total. The summed E-state index contributed by atoms with van der Waals surface area (Å²) < 4.78 is 0. The molecule has 0 aromatic rings. The quantitative estimate of drug-likeness (QED) is 0.482. The Kier molecular flexibility index (Phi) is 7.69. The third kappa shape index (κ3) is 6.17. The molecule has 0 aromatic carbocycles. The Morgan fingerprint density at radius 3 is 2.64 bits per heavy atom. The Bertz CT molecular complexity index is 201. The van der Waals surface area contributed by atoms with Gasteiger partial charge in [-0.1, -0.05) is 11.8 Å². The summed E-state index contributed by atoms with van der Waals surface area (Å²) in [5, 5.41) is 0.341. The van der Waals surface area contributed by atoms with Crippen molar-refractivity contribution in [3.63, 3.8) is 0 Å². The molecule has 0 radical (unpaired) electrons. The minimum Gasteiger partial charge on any atom is -0.149 e. The van der Waals surface area contributed by atoms with Gasteiger partial charge in [-0.2, -0.15) is 0 Å². The lowest BCUT2D eigenvalue weighted by atomic mass is 10.3. The molecule has 11 heavy (non-hydrogen) atoms. The van der Waals surface area contributed by atoms with Crippen LogP contribution in [0.4, 0.5) is 0 Å². The Hall–Kier alpha value is -0.240. The van der Waals surface area contributed by atoms with Gasteiger partial charge in [0.2, 0.25) is 0 Å². The molecule has 1 atom stereocenters. The van der Waals surface area contributed by atoms with Crippen LogP contribution in [0.3, 0.4) is 0 Å². The molecule has 1 unspecified atom stereocenters. The maximum atomic E-state index is 5.57. The molecule has 2 heteroatoms. The predicted octanol–water partition coefficient (Wildman–Crippen LogP) is 2.37. The first-order valence-corrected chi connectivity index (χ1v) is 5.18. The van der Waals surface area contributed by atoms with Gasteiger partial charge in [0.25, 0.3) is 0 Å². The van der Waals surface area contributed by atoms with Crippen molar-refractivity contribution in [2.24, 2.45) is 0 Å². The second kappa shape index (κ2) is 7.86. The van der Waals surface area contributed by atoms with E-state index in [4.69, 9.17) is 11.6 Å². The van der Waals surface area contributed by atoms with Crippen LogP contribution < -0.4 is 0 Å². The van der Waals surface area contributed by atoms with Crippen LogP contribution in [0.5, 0.6) is 0 Å². The highest BCUT2D eigenvalue weighted by Gasteiger charge is 1.99. The maximum absolute atomic E-state index is 5.57. The van der Waals surface area contributed by atoms with Crippen LogP contribution in [0.15, 0.2) is 0 Å².